The molecule has 1 aliphatic rings. The Bertz CT molecular complexity index is 1030. The van der Waals surface area contributed by atoms with Crippen LogP contribution in [0.2, 0.25) is 0 Å². The van der Waals surface area contributed by atoms with Crippen LogP contribution in [0.25, 0.3) is 0 Å². The van der Waals surface area contributed by atoms with Gasteiger partial charge in [0.25, 0.3) is 0 Å². The van der Waals surface area contributed by atoms with E-state index in [1.54, 1.807) is 47.6 Å². The molecule has 0 N–H and O–H groups in total. The smallest absolute Gasteiger partial charge is 0.338 e. The van der Waals surface area contributed by atoms with Gasteiger partial charge in [-0.05, 0) is 38.1 Å². The van der Waals surface area contributed by atoms with Crippen LogP contribution in [-0.4, -0.2) is 40.3 Å². The van der Waals surface area contributed by atoms with Crippen molar-refractivity contribution in [2.45, 2.75) is 38.7 Å². The molecule has 0 radical (unpaired) electrons. The number of esters is 2. The van der Waals surface area contributed by atoms with Crippen LogP contribution in [0.1, 0.15) is 44.5 Å². The number of benzene rings is 2. The van der Waals surface area contributed by atoms with E-state index in [4.69, 9.17) is 14.2 Å². The number of aromatic nitrogens is 2. The van der Waals surface area contributed by atoms with Gasteiger partial charge in [-0.15, -0.1) is 0 Å². The molecule has 0 aliphatic carbocycles. The van der Waals surface area contributed by atoms with Crippen molar-refractivity contribution < 1.29 is 23.8 Å². The Kier molecular flexibility index (Phi) is 6.13. The molecular formula is C24H24N2O5. The van der Waals surface area contributed by atoms with Gasteiger partial charge in [-0.25, -0.2) is 14.6 Å². The van der Waals surface area contributed by atoms with E-state index in [1.807, 2.05) is 38.1 Å². The summed E-state index contributed by atoms with van der Waals surface area (Å²) in [5.74, 6) is -0.881. The second-order valence-corrected chi connectivity index (χ2v) is 7.65. The Morgan fingerprint density at radius 3 is 2.19 bits per heavy atom. The fraction of sp³-hybridized carbons (Fsp3) is 0.292. The number of carbonyl (C=O) groups is 2. The Hall–Kier alpha value is -3.45. The first-order chi connectivity index (χ1) is 15.0. The normalized spacial score (nSPS) is 20.4. The molecule has 0 saturated carbocycles. The third-order valence-corrected chi connectivity index (χ3v) is 5.25. The van der Waals surface area contributed by atoms with Crippen molar-refractivity contribution >= 4 is 11.9 Å². The molecule has 0 bridgehead atoms. The van der Waals surface area contributed by atoms with Crippen LogP contribution in [0.15, 0.2) is 67.3 Å². The van der Waals surface area contributed by atoms with Gasteiger partial charge in [0.2, 0.25) is 0 Å². The molecule has 1 unspecified atom stereocenters. The van der Waals surface area contributed by atoms with Crippen LogP contribution in [-0.2, 0) is 14.2 Å². The SMILES string of the molecule is Cc1ccc(C(=O)OC[C@H]2OC(n3ccnc3)C[C@@H]2OC(=O)c2ccc(C)cc2)cc1. The van der Waals surface area contributed by atoms with Crippen molar-refractivity contribution in [3.8, 4) is 0 Å². The first kappa shape index (κ1) is 20.8. The molecule has 7 heteroatoms. The zero-order valence-electron chi connectivity index (χ0n) is 17.4. The number of rotatable bonds is 6. The maximum absolute atomic E-state index is 12.6. The summed E-state index contributed by atoms with van der Waals surface area (Å²) >= 11 is 0. The number of hydrogen-bond donors (Lipinski definition) is 0. The minimum Gasteiger partial charge on any atom is -0.459 e. The van der Waals surface area contributed by atoms with Crippen LogP contribution in [0.5, 0.6) is 0 Å². The topological polar surface area (TPSA) is 79.7 Å². The molecule has 0 amide bonds. The van der Waals surface area contributed by atoms with Gasteiger partial charge >= 0.3 is 11.9 Å². The predicted octanol–water partition coefficient (Wildman–Crippen LogP) is 3.87. The highest BCUT2D eigenvalue weighted by Gasteiger charge is 2.39. The highest BCUT2D eigenvalue weighted by molar-refractivity contribution is 5.90. The Balaban J connectivity index is 1.44. The number of aryl methyl sites for hydroxylation is 2. The van der Waals surface area contributed by atoms with Crippen molar-refractivity contribution in [3.05, 3.63) is 89.5 Å². The fourth-order valence-electron chi connectivity index (χ4n) is 3.42. The van der Waals surface area contributed by atoms with Crippen molar-refractivity contribution in [2.75, 3.05) is 6.61 Å². The molecule has 2 aromatic carbocycles. The van der Waals surface area contributed by atoms with Crippen LogP contribution in [0.4, 0.5) is 0 Å². The summed E-state index contributed by atoms with van der Waals surface area (Å²) in [5, 5.41) is 0. The third-order valence-electron chi connectivity index (χ3n) is 5.25. The van der Waals surface area contributed by atoms with Gasteiger partial charge in [0.15, 0.2) is 0 Å². The lowest BCUT2D eigenvalue weighted by atomic mass is 10.1. The quantitative estimate of drug-likeness (QED) is 0.563. The minimum absolute atomic E-state index is 0.0241. The van der Waals surface area contributed by atoms with Gasteiger partial charge in [-0.2, -0.15) is 0 Å². The minimum atomic E-state index is -0.587. The van der Waals surface area contributed by atoms with Gasteiger partial charge in [-0.1, -0.05) is 35.4 Å². The summed E-state index contributed by atoms with van der Waals surface area (Å²) in [6.07, 6.45) is 4.00. The van der Waals surface area contributed by atoms with E-state index < -0.39 is 24.1 Å². The lowest BCUT2D eigenvalue weighted by Gasteiger charge is -2.19. The summed E-state index contributed by atoms with van der Waals surface area (Å²) in [7, 11) is 0. The molecular weight excluding hydrogens is 396 g/mol. The van der Waals surface area contributed by atoms with E-state index >= 15 is 0 Å². The van der Waals surface area contributed by atoms with Gasteiger partial charge < -0.3 is 18.8 Å². The van der Waals surface area contributed by atoms with Crippen molar-refractivity contribution in [1.82, 2.24) is 9.55 Å². The largest absolute Gasteiger partial charge is 0.459 e. The molecule has 3 aromatic rings. The summed E-state index contributed by atoms with van der Waals surface area (Å²) < 4.78 is 19.1. The second-order valence-electron chi connectivity index (χ2n) is 7.65. The van der Waals surface area contributed by atoms with E-state index in [0.29, 0.717) is 17.5 Å². The molecule has 160 valence electrons. The molecule has 1 fully saturated rings. The maximum Gasteiger partial charge on any atom is 0.338 e. The molecule has 31 heavy (non-hydrogen) atoms. The van der Waals surface area contributed by atoms with Gasteiger partial charge in [0.05, 0.1) is 17.5 Å². The molecule has 2 heterocycles. The monoisotopic (exact) mass is 420 g/mol. The predicted molar refractivity (Wildman–Crippen MR) is 113 cm³/mol. The highest BCUT2D eigenvalue weighted by atomic mass is 16.6. The van der Waals surface area contributed by atoms with E-state index in [2.05, 4.69) is 4.98 Å². The van der Waals surface area contributed by atoms with E-state index in [0.717, 1.165) is 11.1 Å². The third kappa shape index (κ3) is 5.00. The summed E-state index contributed by atoms with van der Waals surface area (Å²) in [4.78, 5) is 29.1. The number of carbonyl (C=O) groups excluding carboxylic acids is 2. The molecule has 4 rings (SSSR count). The second kappa shape index (κ2) is 9.14. The fourth-order valence-corrected chi connectivity index (χ4v) is 3.42. The van der Waals surface area contributed by atoms with Crippen molar-refractivity contribution in [2.24, 2.45) is 0 Å². The molecule has 1 aliphatic heterocycles. The molecule has 1 saturated heterocycles. The summed E-state index contributed by atoms with van der Waals surface area (Å²) in [6, 6.07) is 14.3. The number of nitrogens with zero attached hydrogens (tertiary/aromatic N) is 2. The molecule has 7 nitrogen and oxygen atoms in total. The number of imidazole rings is 1. The van der Waals surface area contributed by atoms with Gasteiger partial charge in [-0.3, -0.25) is 0 Å². The summed E-state index contributed by atoms with van der Waals surface area (Å²) in [5.41, 5.74) is 3.04. The van der Waals surface area contributed by atoms with Crippen LogP contribution in [0.3, 0.4) is 0 Å². The lowest BCUT2D eigenvalue weighted by molar-refractivity contribution is -0.0571. The Labute approximate surface area is 180 Å². The zero-order valence-corrected chi connectivity index (χ0v) is 17.4. The zero-order chi connectivity index (χ0) is 21.8. The van der Waals surface area contributed by atoms with E-state index in [-0.39, 0.29) is 12.8 Å². The molecule has 0 spiro atoms. The Morgan fingerprint density at radius 2 is 1.61 bits per heavy atom. The molecule has 3 atom stereocenters. The van der Waals surface area contributed by atoms with Crippen LogP contribution in [0, 0.1) is 13.8 Å². The number of hydrogen-bond acceptors (Lipinski definition) is 6. The first-order valence-corrected chi connectivity index (χ1v) is 10.1. The van der Waals surface area contributed by atoms with Gasteiger partial charge in [0.1, 0.15) is 25.0 Å². The van der Waals surface area contributed by atoms with Crippen LogP contribution < -0.4 is 0 Å². The summed E-state index contributed by atoms with van der Waals surface area (Å²) in [6.45, 7) is 3.88. The first-order valence-electron chi connectivity index (χ1n) is 10.1. The highest BCUT2D eigenvalue weighted by Crippen LogP contribution is 2.31. The average Bonchev–Trinajstić information content (AvgIpc) is 3.43. The average molecular weight is 420 g/mol. The Morgan fingerprint density at radius 1 is 1.00 bits per heavy atom. The van der Waals surface area contributed by atoms with Crippen molar-refractivity contribution in [3.63, 3.8) is 0 Å². The molecule has 1 aromatic heterocycles. The van der Waals surface area contributed by atoms with Gasteiger partial charge in [0, 0.05) is 18.8 Å². The number of ether oxygens (including phenoxy) is 3. The van der Waals surface area contributed by atoms with E-state index in [9.17, 15) is 9.59 Å². The van der Waals surface area contributed by atoms with Crippen molar-refractivity contribution in [1.29, 1.82) is 0 Å². The maximum atomic E-state index is 12.6. The lowest BCUT2D eigenvalue weighted by Crippen LogP contribution is -2.32. The standard InChI is InChI=1S/C24H24N2O5/c1-16-3-7-18(8-4-16)23(27)29-14-21-20(13-22(30-21)26-12-11-25-15-26)31-24(28)19-9-5-17(2)6-10-19/h3-12,15,20-22H,13-14H2,1-2H3/t20-,21+,22?/m0/s1. The van der Waals surface area contributed by atoms with Crippen LogP contribution >= 0.6 is 0 Å². The van der Waals surface area contributed by atoms with E-state index in [1.165, 1.54) is 0 Å².